The van der Waals surface area contributed by atoms with Crippen molar-refractivity contribution in [1.29, 1.82) is 0 Å². The molecule has 1 nitrogen and oxygen atoms in total. The summed E-state index contributed by atoms with van der Waals surface area (Å²) in [4.78, 5) is 0. The van der Waals surface area contributed by atoms with Gasteiger partial charge in [0, 0.05) is 16.9 Å². The number of piperidine rings is 1. The number of hydrogen-bond acceptors (Lipinski definition) is 1. The lowest BCUT2D eigenvalue weighted by Crippen LogP contribution is -2.34. The van der Waals surface area contributed by atoms with Gasteiger partial charge in [0.1, 0.15) is 0 Å². The molecule has 0 aromatic heterocycles. The number of benzene rings is 2. The third-order valence-electron chi connectivity index (χ3n) is 4.67. The van der Waals surface area contributed by atoms with Gasteiger partial charge in [-0.15, -0.1) is 0 Å². The fourth-order valence-corrected chi connectivity index (χ4v) is 4.12. The Morgan fingerprint density at radius 2 is 1.71 bits per heavy atom. The molecule has 0 radical (unpaired) electrons. The highest BCUT2D eigenvalue weighted by Gasteiger charge is 2.29. The number of hydrogen-bond donors (Lipinski definition) is 1. The van der Waals surface area contributed by atoms with Crippen LogP contribution in [0.5, 0.6) is 0 Å². The second-order valence-electron chi connectivity index (χ2n) is 6.07. The zero-order chi connectivity index (χ0) is 14.8. The minimum absolute atomic E-state index is 0.552. The van der Waals surface area contributed by atoms with Crippen LogP contribution in [0, 0.1) is 13.8 Å². The van der Waals surface area contributed by atoms with Gasteiger partial charge >= 0.3 is 0 Å². The predicted molar refractivity (Wildman–Crippen MR) is 93.0 cm³/mol. The molecule has 1 fully saturated rings. The van der Waals surface area contributed by atoms with Gasteiger partial charge in [0.05, 0.1) is 0 Å². The van der Waals surface area contributed by atoms with E-state index in [0.717, 1.165) is 13.1 Å². The van der Waals surface area contributed by atoms with Gasteiger partial charge in [-0.1, -0.05) is 46.3 Å². The van der Waals surface area contributed by atoms with E-state index < -0.39 is 0 Å². The van der Waals surface area contributed by atoms with Gasteiger partial charge in [0.25, 0.3) is 0 Å². The van der Waals surface area contributed by atoms with Crippen molar-refractivity contribution in [3.05, 3.63) is 69.2 Å². The Morgan fingerprint density at radius 1 is 1.00 bits per heavy atom. The Labute approximate surface area is 135 Å². The zero-order valence-electron chi connectivity index (χ0n) is 12.7. The lowest BCUT2D eigenvalue weighted by molar-refractivity contribution is 0.402. The van der Waals surface area contributed by atoms with Gasteiger partial charge in [-0.3, -0.25) is 0 Å². The second-order valence-corrected chi connectivity index (χ2v) is 6.98. The summed E-state index contributed by atoms with van der Waals surface area (Å²) in [6.45, 7) is 6.68. The molecule has 1 saturated heterocycles. The molecular weight excluding hydrogens is 322 g/mol. The van der Waals surface area contributed by atoms with Crippen molar-refractivity contribution in [2.75, 3.05) is 13.1 Å². The molecule has 1 heterocycles. The van der Waals surface area contributed by atoms with E-state index >= 15 is 0 Å². The van der Waals surface area contributed by atoms with Gasteiger partial charge in [0.2, 0.25) is 0 Å². The van der Waals surface area contributed by atoms with Crippen LogP contribution in [0.1, 0.15) is 40.5 Å². The Kier molecular flexibility index (Phi) is 4.46. The quantitative estimate of drug-likeness (QED) is 0.815. The van der Waals surface area contributed by atoms with E-state index in [1.165, 1.54) is 27.6 Å². The number of aryl methyl sites for hydroxylation is 2. The van der Waals surface area contributed by atoms with E-state index in [1.54, 1.807) is 5.56 Å². The maximum absolute atomic E-state index is 3.61. The summed E-state index contributed by atoms with van der Waals surface area (Å²) >= 11 is 3.61. The molecule has 2 unspecified atom stereocenters. The summed E-state index contributed by atoms with van der Waals surface area (Å²) in [5.41, 5.74) is 5.86. The van der Waals surface area contributed by atoms with E-state index in [-0.39, 0.29) is 0 Å². The molecule has 2 heteroatoms. The molecule has 0 saturated carbocycles. The van der Waals surface area contributed by atoms with Crippen molar-refractivity contribution >= 4 is 15.9 Å². The monoisotopic (exact) mass is 343 g/mol. The maximum Gasteiger partial charge on any atom is 0.0178 e. The molecule has 0 spiro atoms. The first kappa shape index (κ1) is 14.8. The molecule has 21 heavy (non-hydrogen) atoms. The van der Waals surface area contributed by atoms with Gasteiger partial charge < -0.3 is 5.32 Å². The normalized spacial score (nSPS) is 22.2. The molecule has 1 N–H and O–H groups in total. The van der Waals surface area contributed by atoms with Crippen molar-refractivity contribution in [2.24, 2.45) is 0 Å². The molecule has 110 valence electrons. The first-order chi connectivity index (χ1) is 10.2. The van der Waals surface area contributed by atoms with E-state index in [9.17, 15) is 0 Å². The fraction of sp³-hybridized carbons (Fsp3) is 0.368. The Morgan fingerprint density at radius 3 is 2.43 bits per heavy atom. The summed E-state index contributed by atoms with van der Waals surface area (Å²) < 4.78 is 1.17. The van der Waals surface area contributed by atoms with Crippen LogP contribution in [0.3, 0.4) is 0 Å². The third kappa shape index (κ3) is 3.07. The fourth-order valence-electron chi connectivity index (χ4n) is 3.70. The first-order valence-corrected chi connectivity index (χ1v) is 8.48. The van der Waals surface area contributed by atoms with Crippen molar-refractivity contribution in [3.63, 3.8) is 0 Å². The highest BCUT2D eigenvalue weighted by molar-refractivity contribution is 9.10. The predicted octanol–water partition coefficient (Wildman–Crippen LogP) is 4.93. The topological polar surface area (TPSA) is 12.0 Å². The van der Waals surface area contributed by atoms with Gasteiger partial charge in [-0.05, 0) is 67.1 Å². The summed E-state index contributed by atoms with van der Waals surface area (Å²) in [7, 11) is 0. The van der Waals surface area contributed by atoms with Gasteiger partial charge in [-0.25, -0.2) is 0 Å². The van der Waals surface area contributed by atoms with Gasteiger partial charge in [-0.2, -0.15) is 0 Å². The maximum atomic E-state index is 3.61. The van der Waals surface area contributed by atoms with Crippen LogP contribution >= 0.6 is 15.9 Å². The van der Waals surface area contributed by atoms with E-state index in [4.69, 9.17) is 0 Å². The number of halogens is 1. The summed E-state index contributed by atoms with van der Waals surface area (Å²) in [6, 6.07) is 15.5. The highest BCUT2D eigenvalue weighted by atomic mass is 79.9. The summed E-state index contributed by atoms with van der Waals surface area (Å²) in [5, 5.41) is 3.58. The van der Waals surface area contributed by atoms with Crippen LogP contribution < -0.4 is 5.32 Å². The molecule has 0 aliphatic carbocycles. The number of nitrogens with one attached hydrogen (secondary N) is 1. The molecule has 1 aliphatic rings. The molecule has 3 rings (SSSR count). The molecule has 1 aliphatic heterocycles. The van der Waals surface area contributed by atoms with E-state index in [1.807, 2.05) is 0 Å². The molecule has 2 aromatic rings. The highest BCUT2D eigenvalue weighted by Crippen LogP contribution is 2.40. The minimum atomic E-state index is 0.552. The standard InChI is InChI=1S/C19H22BrN/c1-13-5-3-6-14(2)19(13)17-9-10-21-12-18(17)15-7-4-8-16(20)11-15/h3-8,11,17-18,21H,9-10,12H2,1-2H3. The van der Waals surface area contributed by atoms with Crippen molar-refractivity contribution in [1.82, 2.24) is 5.32 Å². The average Bonchev–Trinajstić information content (AvgIpc) is 2.47. The Hall–Kier alpha value is -1.12. The van der Waals surface area contributed by atoms with Crippen molar-refractivity contribution < 1.29 is 0 Å². The molecule has 0 amide bonds. The zero-order valence-corrected chi connectivity index (χ0v) is 14.3. The van der Waals surface area contributed by atoms with Crippen LogP contribution in [0.15, 0.2) is 46.9 Å². The smallest absolute Gasteiger partial charge is 0.0178 e. The third-order valence-corrected chi connectivity index (χ3v) is 5.17. The average molecular weight is 344 g/mol. The number of rotatable bonds is 2. The minimum Gasteiger partial charge on any atom is -0.316 e. The van der Waals surface area contributed by atoms with Crippen LogP contribution in [0.25, 0.3) is 0 Å². The first-order valence-electron chi connectivity index (χ1n) is 7.69. The van der Waals surface area contributed by atoms with Crippen molar-refractivity contribution in [3.8, 4) is 0 Å². The Balaban J connectivity index is 2.02. The van der Waals surface area contributed by atoms with Crippen LogP contribution in [0.2, 0.25) is 0 Å². The second kappa shape index (κ2) is 6.33. The lowest BCUT2D eigenvalue weighted by Gasteiger charge is -2.35. The van der Waals surface area contributed by atoms with Gasteiger partial charge in [0.15, 0.2) is 0 Å². The largest absolute Gasteiger partial charge is 0.316 e. The van der Waals surface area contributed by atoms with Crippen LogP contribution in [0.4, 0.5) is 0 Å². The van der Waals surface area contributed by atoms with E-state index in [2.05, 4.69) is 77.6 Å². The Bertz CT molecular complexity index is 615. The van der Waals surface area contributed by atoms with Crippen molar-refractivity contribution in [2.45, 2.75) is 32.1 Å². The molecular formula is C19H22BrN. The molecule has 2 atom stereocenters. The van der Waals surface area contributed by atoms with E-state index in [0.29, 0.717) is 11.8 Å². The molecule has 2 aromatic carbocycles. The summed E-state index contributed by atoms with van der Waals surface area (Å²) in [6.07, 6.45) is 1.21. The molecule has 0 bridgehead atoms. The SMILES string of the molecule is Cc1cccc(C)c1C1CCNCC1c1cccc(Br)c1. The summed E-state index contributed by atoms with van der Waals surface area (Å²) in [5.74, 6) is 1.16. The van der Waals surface area contributed by atoms with Crippen LogP contribution in [-0.2, 0) is 0 Å². The lowest BCUT2D eigenvalue weighted by atomic mass is 9.75. The van der Waals surface area contributed by atoms with Crippen LogP contribution in [-0.4, -0.2) is 13.1 Å².